The van der Waals surface area contributed by atoms with Crippen LogP contribution < -0.4 is 10.6 Å². The van der Waals surface area contributed by atoms with E-state index in [0.717, 1.165) is 5.56 Å². The largest absolute Gasteiger partial charge is 0.465 e. The molecule has 2 aromatic heterocycles. The predicted molar refractivity (Wildman–Crippen MR) is 110 cm³/mol. The number of carbonyl (C=O) groups is 2. The van der Waals surface area contributed by atoms with Gasteiger partial charge in [0.25, 0.3) is 5.91 Å². The molecule has 0 saturated heterocycles. The number of thiocarbonyl (C=S) groups is 1. The van der Waals surface area contributed by atoms with Gasteiger partial charge >= 0.3 is 5.97 Å². The third-order valence-electron chi connectivity index (χ3n) is 3.92. The highest BCUT2D eigenvalue weighted by Gasteiger charge is 2.26. The van der Waals surface area contributed by atoms with Gasteiger partial charge in [-0.1, -0.05) is 0 Å². The Labute approximate surface area is 167 Å². The van der Waals surface area contributed by atoms with Crippen LogP contribution in [-0.2, 0) is 4.74 Å². The maximum absolute atomic E-state index is 12.4. The molecule has 1 unspecified atom stereocenters. The Morgan fingerprint density at radius 2 is 1.93 bits per heavy atom. The first-order valence-corrected chi connectivity index (χ1v) is 9.39. The number of nitrogens with one attached hydrogen (secondary N) is 2. The van der Waals surface area contributed by atoms with Gasteiger partial charge in [-0.05, 0) is 49.3 Å². The first-order chi connectivity index (χ1) is 12.8. The Morgan fingerprint density at radius 3 is 2.48 bits per heavy atom. The molecule has 1 amide bonds. The number of rotatable bonds is 5. The molecule has 2 rings (SSSR count). The maximum Gasteiger partial charge on any atom is 0.341 e. The molecule has 2 aromatic rings. The molecule has 0 fully saturated rings. The van der Waals surface area contributed by atoms with Gasteiger partial charge in [-0.3, -0.25) is 9.78 Å². The molecule has 0 aliphatic rings. The molecule has 0 aliphatic carbocycles. The molecule has 144 valence electrons. The topological polar surface area (TPSA) is 83.6 Å². The van der Waals surface area contributed by atoms with Crippen LogP contribution in [-0.4, -0.2) is 48.1 Å². The molecule has 0 aliphatic heterocycles. The highest BCUT2D eigenvalue weighted by atomic mass is 32.1. The summed E-state index contributed by atoms with van der Waals surface area (Å²) in [6.45, 7) is 3.69. The molecule has 0 saturated carbocycles. The molecule has 2 heterocycles. The Kier molecular flexibility index (Phi) is 6.86. The third kappa shape index (κ3) is 4.81. The van der Waals surface area contributed by atoms with Crippen molar-refractivity contribution in [1.29, 1.82) is 0 Å². The molecule has 0 radical (unpaired) electrons. The molecule has 27 heavy (non-hydrogen) atoms. The van der Waals surface area contributed by atoms with E-state index in [1.54, 1.807) is 33.4 Å². The normalized spacial score (nSPS) is 11.4. The number of nitrogens with zero attached hydrogens (tertiary/aromatic N) is 2. The maximum atomic E-state index is 12.4. The van der Waals surface area contributed by atoms with Crippen LogP contribution in [0.25, 0.3) is 0 Å². The summed E-state index contributed by atoms with van der Waals surface area (Å²) >= 11 is 6.56. The zero-order valence-corrected chi connectivity index (χ0v) is 17.5. The Bertz CT molecular complexity index is 850. The van der Waals surface area contributed by atoms with Gasteiger partial charge in [-0.15, -0.1) is 11.3 Å². The van der Waals surface area contributed by atoms with Crippen molar-refractivity contribution in [2.24, 2.45) is 0 Å². The monoisotopic (exact) mass is 406 g/mol. The van der Waals surface area contributed by atoms with Gasteiger partial charge in [-0.2, -0.15) is 0 Å². The Hall–Kier alpha value is -2.52. The van der Waals surface area contributed by atoms with E-state index in [1.807, 2.05) is 19.1 Å². The minimum atomic E-state index is -0.519. The van der Waals surface area contributed by atoms with Gasteiger partial charge < -0.3 is 20.3 Å². The SMILES string of the molecule is COC(=O)c1c(NC(=S)NC(C)c2ccncc2)sc(C(=O)N(C)C)c1C. The molecule has 0 spiro atoms. The second-order valence-electron chi connectivity index (χ2n) is 6.05. The van der Waals surface area contributed by atoms with E-state index < -0.39 is 5.97 Å². The fourth-order valence-corrected chi connectivity index (χ4v) is 3.99. The minimum absolute atomic E-state index is 0.0569. The summed E-state index contributed by atoms with van der Waals surface area (Å²) in [7, 11) is 4.63. The second-order valence-corrected chi connectivity index (χ2v) is 7.48. The summed E-state index contributed by atoms with van der Waals surface area (Å²) in [4.78, 5) is 30.6. The first kappa shape index (κ1) is 20.8. The molecule has 0 bridgehead atoms. The molecular formula is C18H22N4O3S2. The third-order valence-corrected chi connectivity index (χ3v) is 5.33. The summed E-state index contributed by atoms with van der Waals surface area (Å²) in [6, 6.07) is 3.73. The highest BCUT2D eigenvalue weighted by molar-refractivity contribution is 7.80. The zero-order valence-electron chi connectivity index (χ0n) is 15.8. The van der Waals surface area contributed by atoms with Gasteiger partial charge in [0.05, 0.1) is 23.6 Å². The number of hydrogen-bond acceptors (Lipinski definition) is 6. The number of ether oxygens (including phenoxy) is 1. The molecular weight excluding hydrogens is 384 g/mol. The van der Waals surface area contributed by atoms with Crippen LogP contribution in [0.4, 0.5) is 5.00 Å². The summed E-state index contributed by atoms with van der Waals surface area (Å²) in [5.41, 5.74) is 1.90. The van der Waals surface area contributed by atoms with Gasteiger partial charge in [0, 0.05) is 26.5 Å². The molecule has 9 heteroatoms. The lowest BCUT2D eigenvalue weighted by molar-refractivity contribution is 0.0601. The second kappa shape index (κ2) is 8.92. The molecule has 1 atom stereocenters. The van der Waals surface area contributed by atoms with E-state index in [-0.39, 0.29) is 11.9 Å². The lowest BCUT2D eigenvalue weighted by atomic mass is 10.1. The standard InChI is InChI=1S/C18H22N4O3S2/c1-10-13(17(24)25-5)15(27-14(10)16(23)22(3)4)21-18(26)20-11(2)12-6-8-19-9-7-12/h6-9,11H,1-5H3,(H2,20,21,26). The van der Waals surface area contributed by atoms with Crippen molar-refractivity contribution in [1.82, 2.24) is 15.2 Å². The molecule has 7 nitrogen and oxygen atoms in total. The fraction of sp³-hybridized carbons (Fsp3) is 0.333. The van der Waals surface area contributed by atoms with Crippen LogP contribution in [0.2, 0.25) is 0 Å². The number of thiophene rings is 1. The summed E-state index contributed by atoms with van der Waals surface area (Å²) < 4.78 is 4.88. The summed E-state index contributed by atoms with van der Waals surface area (Å²) in [5.74, 6) is -0.700. The van der Waals surface area contributed by atoms with Crippen molar-refractivity contribution in [3.63, 3.8) is 0 Å². The lowest BCUT2D eigenvalue weighted by Crippen LogP contribution is -2.31. The van der Waals surface area contributed by atoms with E-state index in [1.165, 1.54) is 23.3 Å². The van der Waals surface area contributed by atoms with E-state index in [0.29, 0.717) is 26.1 Å². The fourth-order valence-electron chi connectivity index (χ4n) is 2.43. The number of methoxy groups -OCH3 is 1. The van der Waals surface area contributed by atoms with Gasteiger partial charge in [0.2, 0.25) is 0 Å². The van der Waals surface area contributed by atoms with Crippen LogP contribution >= 0.6 is 23.6 Å². The Balaban J connectivity index is 2.26. The summed E-state index contributed by atoms with van der Waals surface area (Å²) in [6.07, 6.45) is 3.42. The highest BCUT2D eigenvalue weighted by Crippen LogP contribution is 2.34. The van der Waals surface area contributed by atoms with Crippen molar-refractivity contribution in [2.75, 3.05) is 26.5 Å². The van der Waals surface area contributed by atoms with Gasteiger partial charge in [-0.25, -0.2) is 4.79 Å². The number of esters is 1. The number of amides is 1. The smallest absolute Gasteiger partial charge is 0.341 e. The van der Waals surface area contributed by atoms with Crippen molar-refractivity contribution >= 4 is 45.5 Å². The number of carbonyl (C=O) groups excluding carboxylic acids is 2. The van der Waals surface area contributed by atoms with Crippen LogP contribution in [0.5, 0.6) is 0 Å². The summed E-state index contributed by atoms with van der Waals surface area (Å²) in [5, 5.41) is 7.01. The van der Waals surface area contributed by atoms with Crippen molar-refractivity contribution < 1.29 is 14.3 Å². The van der Waals surface area contributed by atoms with Crippen LogP contribution in [0.15, 0.2) is 24.5 Å². The van der Waals surface area contributed by atoms with Gasteiger partial charge in [0.1, 0.15) is 5.00 Å². The van der Waals surface area contributed by atoms with E-state index in [4.69, 9.17) is 17.0 Å². The number of aromatic nitrogens is 1. The molecule has 0 aromatic carbocycles. The van der Waals surface area contributed by atoms with Crippen LogP contribution in [0, 0.1) is 6.92 Å². The van der Waals surface area contributed by atoms with Crippen LogP contribution in [0.1, 0.15) is 44.1 Å². The average Bonchev–Trinajstić information content (AvgIpc) is 2.96. The molecule has 2 N–H and O–H groups in total. The zero-order chi connectivity index (χ0) is 20.1. The van der Waals surface area contributed by atoms with E-state index >= 15 is 0 Å². The minimum Gasteiger partial charge on any atom is -0.465 e. The number of anilines is 1. The lowest BCUT2D eigenvalue weighted by Gasteiger charge is -2.17. The van der Waals surface area contributed by atoms with Crippen molar-refractivity contribution in [3.05, 3.63) is 46.1 Å². The number of pyridine rings is 1. The van der Waals surface area contributed by atoms with E-state index in [9.17, 15) is 9.59 Å². The quantitative estimate of drug-likeness (QED) is 0.583. The Morgan fingerprint density at radius 1 is 1.30 bits per heavy atom. The predicted octanol–water partition coefficient (Wildman–Crippen LogP) is 2.99. The van der Waals surface area contributed by atoms with Crippen LogP contribution in [0.3, 0.4) is 0 Å². The van der Waals surface area contributed by atoms with Crippen molar-refractivity contribution in [2.45, 2.75) is 19.9 Å². The van der Waals surface area contributed by atoms with Crippen molar-refractivity contribution in [3.8, 4) is 0 Å². The number of hydrogen-bond donors (Lipinski definition) is 2. The van der Waals surface area contributed by atoms with E-state index in [2.05, 4.69) is 15.6 Å². The average molecular weight is 407 g/mol. The first-order valence-electron chi connectivity index (χ1n) is 8.17. The van der Waals surface area contributed by atoms with Gasteiger partial charge in [0.15, 0.2) is 5.11 Å².